The Kier molecular flexibility index (Phi) is 3.12. The van der Waals surface area contributed by atoms with Crippen molar-refractivity contribution >= 4 is 22.9 Å². The Morgan fingerprint density at radius 1 is 1.57 bits per heavy atom. The highest BCUT2D eigenvalue weighted by Gasteiger charge is 2.22. The van der Waals surface area contributed by atoms with Crippen LogP contribution in [0, 0.1) is 0 Å². The quantitative estimate of drug-likeness (QED) is 0.787. The molecule has 1 aromatic heterocycles. The van der Waals surface area contributed by atoms with Crippen LogP contribution in [-0.4, -0.2) is 19.1 Å². The second kappa shape index (κ2) is 4.19. The molecule has 1 atom stereocenters. The molecule has 2 nitrogen and oxygen atoms in total. The van der Waals surface area contributed by atoms with Gasteiger partial charge in [-0.25, -0.2) is 5.43 Å². The van der Waals surface area contributed by atoms with Gasteiger partial charge in [-0.3, -0.25) is 5.01 Å². The van der Waals surface area contributed by atoms with Crippen LogP contribution < -0.4 is 5.43 Å². The minimum atomic E-state index is 0.456. The molecule has 1 aromatic rings. The molecule has 0 aromatic carbocycles. The number of rotatable bonds is 2. The Hall–Kier alpha value is -0.0900. The van der Waals surface area contributed by atoms with Gasteiger partial charge in [-0.2, -0.15) is 0 Å². The van der Waals surface area contributed by atoms with Crippen LogP contribution in [0.4, 0.5) is 0 Å². The van der Waals surface area contributed by atoms with Crippen molar-refractivity contribution in [3.63, 3.8) is 0 Å². The number of nitrogens with zero attached hydrogens (tertiary/aromatic N) is 1. The first-order chi connectivity index (χ1) is 6.66. The maximum absolute atomic E-state index is 6.03. The summed E-state index contributed by atoms with van der Waals surface area (Å²) in [6.45, 7) is 0. The molecular formula is C10H15ClN2S. The molecule has 4 heteroatoms. The summed E-state index contributed by atoms with van der Waals surface area (Å²) in [5.74, 6) is 0. The van der Waals surface area contributed by atoms with E-state index in [1.807, 2.05) is 19.1 Å². The summed E-state index contributed by atoms with van der Waals surface area (Å²) >= 11 is 7.76. The van der Waals surface area contributed by atoms with Gasteiger partial charge >= 0.3 is 0 Å². The molecule has 0 aliphatic heterocycles. The van der Waals surface area contributed by atoms with E-state index in [9.17, 15) is 0 Å². The molecule has 1 unspecified atom stereocenters. The van der Waals surface area contributed by atoms with Crippen molar-refractivity contribution in [1.82, 2.24) is 10.4 Å². The van der Waals surface area contributed by atoms with Crippen LogP contribution in [0.3, 0.4) is 0 Å². The van der Waals surface area contributed by atoms with Gasteiger partial charge in [0.15, 0.2) is 0 Å². The van der Waals surface area contributed by atoms with Crippen LogP contribution in [0.5, 0.6) is 0 Å². The number of halogens is 1. The smallest absolute Gasteiger partial charge is 0.0934 e. The van der Waals surface area contributed by atoms with Crippen molar-refractivity contribution < 1.29 is 0 Å². The second-order valence-corrected chi connectivity index (χ2v) is 5.67. The molecule has 0 amide bonds. The Labute approximate surface area is 93.8 Å². The topological polar surface area (TPSA) is 15.3 Å². The zero-order chi connectivity index (χ0) is 10.1. The van der Waals surface area contributed by atoms with Crippen molar-refractivity contribution in [2.45, 2.75) is 25.3 Å². The predicted octanol–water partition coefficient (Wildman–Crippen LogP) is 2.85. The maximum atomic E-state index is 6.03. The predicted molar refractivity (Wildman–Crippen MR) is 61.8 cm³/mol. The third-order valence-electron chi connectivity index (χ3n) is 2.50. The van der Waals surface area contributed by atoms with Gasteiger partial charge in [0, 0.05) is 25.0 Å². The molecule has 0 radical (unpaired) electrons. The summed E-state index contributed by atoms with van der Waals surface area (Å²) in [6, 6.07) is 2.57. The standard InChI is InChI=1S/C10H15ClN2S/c1-13(2)12-8-4-3-5-9-7(8)6-10(11)14-9/h6,8,12H,3-5H2,1-2H3. The lowest BCUT2D eigenvalue weighted by Crippen LogP contribution is -2.35. The van der Waals surface area contributed by atoms with E-state index >= 15 is 0 Å². The summed E-state index contributed by atoms with van der Waals surface area (Å²) in [4.78, 5) is 1.46. The van der Waals surface area contributed by atoms with Crippen molar-refractivity contribution in [1.29, 1.82) is 0 Å². The van der Waals surface area contributed by atoms with Crippen LogP contribution in [0.25, 0.3) is 0 Å². The Balaban J connectivity index is 2.21. The molecule has 0 saturated carbocycles. The van der Waals surface area contributed by atoms with E-state index in [4.69, 9.17) is 11.6 Å². The van der Waals surface area contributed by atoms with Gasteiger partial charge < -0.3 is 0 Å². The summed E-state index contributed by atoms with van der Waals surface area (Å²) in [6.07, 6.45) is 3.66. The number of thiophene rings is 1. The summed E-state index contributed by atoms with van der Waals surface area (Å²) in [5, 5.41) is 2.02. The largest absolute Gasteiger partial charge is 0.250 e. The van der Waals surface area contributed by atoms with Crippen molar-refractivity contribution in [3.8, 4) is 0 Å². The maximum Gasteiger partial charge on any atom is 0.0934 e. The van der Waals surface area contributed by atoms with Crippen LogP contribution in [0.15, 0.2) is 6.07 Å². The van der Waals surface area contributed by atoms with Gasteiger partial charge in [-0.15, -0.1) is 11.3 Å². The van der Waals surface area contributed by atoms with Crippen LogP contribution in [-0.2, 0) is 6.42 Å². The Morgan fingerprint density at radius 2 is 2.36 bits per heavy atom. The molecule has 1 heterocycles. The van der Waals surface area contributed by atoms with Crippen LogP contribution >= 0.6 is 22.9 Å². The number of hydrogen-bond donors (Lipinski definition) is 1. The molecule has 0 saturated heterocycles. The average molecular weight is 231 g/mol. The number of nitrogens with one attached hydrogen (secondary N) is 1. The van der Waals surface area contributed by atoms with Crippen LogP contribution in [0.2, 0.25) is 4.34 Å². The van der Waals surface area contributed by atoms with E-state index < -0.39 is 0 Å². The second-order valence-electron chi connectivity index (χ2n) is 3.90. The Morgan fingerprint density at radius 3 is 3.07 bits per heavy atom. The molecule has 14 heavy (non-hydrogen) atoms. The minimum absolute atomic E-state index is 0.456. The lowest BCUT2D eigenvalue weighted by molar-refractivity contribution is 0.229. The highest BCUT2D eigenvalue weighted by molar-refractivity contribution is 7.16. The van der Waals surface area contributed by atoms with E-state index in [0.717, 1.165) is 4.34 Å². The van der Waals surface area contributed by atoms with Gasteiger partial charge in [-0.05, 0) is 30.9 Å². The number of aryl methyl sites for hydroxylation is 1. The van der Waals surface area contributed by atoms with E-state index in [1.54, 1.807) is 11.3 Å². The van der Waals surface area contributed by atoms with Crippen molar-refractivity contribution in [2.24, 2.45) is 0 Å². The first kappa shape index (κ1) is 10.4. The number of fused-ring (bicyclic) bond motifs is 1. The molecule has 2 rings (SSSR count). The SMILES string of the molecule is CN(C)NC1CCCc2sc(Cl)cc21. The first-order valence-electron chi connectivity index (χ1n) is 4.88. The highest BCUT2D eigenvalue weighted by atomic mass is 35.5. The zero-order valence-electron chi connectivity index (χ0n) is 8.51. The highest BCUT2D eigenvalue weighted by Crippen LogP contribution is 2.37. The normalized spacial score (nSPS) is 21.3. The lowest BCUT2D eigenvalue weighted by Gasteiger charge is -2.26. The Bertz CT molecular complexity index is 322. The molecule has 0 fully saturated rings. The molecule has 1 aliphatic carbocycles. The molecule has 1 N–H and O–H groups in total. The van der Waals surface area contributed by atoms with Crippen LogP contribution in [0.1, 0.15) is 29.3 Å². The number of hydrogen-bond acceptors (Lipinski definition) is 3. The van der Waals surface area contributed by atoms with E-state index in [1.165, 1.54) is 29.7 Å². The first-order valence-corrected chi connectivity index (χ1v) is 6.08. The van der Waals surface area contributed by atoms with E-state index in [2.05, 4.69) is 11.5 Å². The van der Waals surface area contributed by atoms with Crippen molar-refractivity contribution in [2.75, 3.05) is 14.1 Å². The molecule has 0 bridgehead atoms. The van der Waals surface area contributed by atoms with Crippen molar-refractivity contribution in [3.05, 3.63) is 20.8 Å². The fourth-order valence-corrected chi connectivity index (χ4v) is 3.35. The third kappa shape index (κ3) is 2.11. The fraction of sp³-hybridized carbons (Fsp3) is 0.600. The third-order valence-corrected chi connectivity index (χ3v) is 3.84. The van der Waals surface area contributed by atoms with Gasteiger partial charge in [0.2, 0.25) is 0 Å². The molecule has 1 aliphatic rings. The van der Waals surface area contributed by atoms with Gasteiger partial charge in [0.25, 0.3) is 0 Å². The molecule has 78 valence electrons. The summed E-state index contributed by atoms with van der Waals surface area (Å²) in [7, 11) is 4.06. The molecule has 0 spiro atoms. The molecular weight excluding hydrogens is 216 g/mol. The minimum Gasteiger partial charge on any atom is -0.250 e. The van der Waals surface area contributed by atoms with Gasteiger partial charge in [-0.1, -0.05) is 11.6 Å². The summed E-state index contributed by atoms with van der Waals surface area (Å²) in [5.41, 5.74) is 4.84. The number of hydrazine groups is 1. The zero-order valence-corrected chi connectivity index (χ0v) is 10.1. The fourth-order valence-electron chi connectivity index (χ4n) is 1.97. The van der Waals surface area contributed by atoms with Gasteiger partial charge in [0.05, 0.1) is 4.34 Å². The average Bonchev–Trinajstić information content (AvgIpc) is 2.45. The monoisotopic (exact) mass is 230 g/mol. The van der Waals surface area contributed by atoms with E-state index in [-0.39, 0.29) is 0 Å². The van der Waals surface area contributed by atoms with Gasteiger partial charge in [0.1, 0.15) is 0 Å². The van der Waals surface area contributed by atoms with E-state index in [0.29, 0.717) is 6.04 Å². The lowest BCUT2D eigenvalue weighted by atomic mass is 9.95. The summed E-state index contributed by atoms with van der Waals surface area (Å²) < 4.78 is 0.919.